The highest BCUT2D eigenvalue weighted by atomic mass is 35.5. The van der Waals surface area contributed by atoms with Gasteiger partial charge in [0.2, 0.25) is 0 Å². The lowest BCUT2D eigenvalue weighted by Crippen LogP contribution is -2.16. The lowest BCUT2D eigenvalue weighted by atomic mass is 10.1. The third-order valence-electron chi connectivity index (χ3n) is 1.60. The van der Waals surface area contributed by atoms with E-state index in [4.69, 9.17) is 28.9 Å². The van der Waals surface area contributed by atoms with Crippen molar-refractivity contribution in [3.8, 4) is 0 Å². The predicted molar refractivity (Wildman–Crippen MR) is 49.6 cm³/mol. The number of hydrogen-bond acceptors (Lipinski definition) is 0. The summed E-state index contributed by atoms with van der Waals surface area (Å²) in [5, 5.41) is 0.190. The third-order valence-corrected chi connectivity index (χ3v) is 2.34. The number of benzene rings is 1. The van der Waals surface area contributed by atoms with Gasteiger partial charge in [-0.3, -0.25) is 0 Å². The van der Waals surface area contributed by atoms with Crippen LogP contribution in [0.2, 0.25) is 10.0 Å². The average molecular weight is 243 g/mol. The first-order chi connectivity index (χ1) is 6.32. The van der Waals surface area contributed by atoms with Gasteiger partial charge in [-0.15, -0.1) is 0 Å². The van der Waals surface area contributed by atoms with Gasteiger partial charge in [0.1, 0.15) is 0 Å². The smallest absolute Gasteiger partial charge is 0.377 e. The van der Waals surface area contributed by atoms with Crippen LogP contribution in [0.15, 0.2) is 18.2 Å². The quantitative estimate of drug-likeness (QED) is 0.685. The van der Waals surface area contributed by atoms with Gasteiger partial charge in [-0.1, -0.05) is 34.8 Å². The molecule has 0 unspecified atom stereocenters. The van der Waals surface area contributed by atoms with E-state index in [1.165, 1.54) is 6.07 Å². The van der Waals surface area contributed by atoms with Crippen LogP contribution in [0.5, 0.6) is 0 Å². The largest absolute Gasteiger partial charge is 0.663 e. The molecule has 0 fully saturated rings. The molecule has 6 heteroatoms. The van der Waals surface area contributed by atoms with E-state index < -0.39 is 12.2 Å². The normalized spacial score (nSPS) is 14.1. The topological polar surface area (TPSA) is 23.8 Å². The van der Waals surface area contributed by atoms with Gasteiger partial charge in [-0.05, 0) is 18.2 Å². The Morgan fingerprint density at radius 3 is 2.14 bits per heavy atom. The van der Waals surface area contributed by atoms with Crippen molar-refractivity contribution < 1.29 is 13.2 Å². The van der Waals surface area contributed by atoms with Crippen LogP contribution in [-0.4, -0.2) is 6.18 Å². The van der Waals surface area contributed by atoms with Crippen LogP contribution >= 0.6 is 23.2 Å². The first-order valence-electron chi connectivity index (χ1n) is 3.55. The third kappa shape index (κ3) is 2.53. The molecule has 1 aromatic rings. The first-order valence-corrected chi connectivity index (χ1v) is 4.30. The minimum Gasteiger partial charge on any atom is -0.663 e. The molecule has 0 aliphatic carbocycles. The molecule has 1 aromatic carbocycles. The SMILES string of the molecule is [NH-][C@@H](c1ccc(Cl)c(Cl)c1)C(F)(F)F. The summed E-state index contributed by atoms with van der Waals surface area (Å²) < 4.78 is 36.3. The molecule has 1 rings (SSSR count). The van der Waals surface area contributed by atoms with Crippen molar-refractivity contribution in [2.24, 2.45) is 0 Å². The van der Waals surface area contributed by atoms with Gasteiger partial charge in [0.15, 0.2) is 0 Å². The lowest BCUT2D eigenvalue weighted by Gasteiger charge is -2.24. The molecule has 0 aliphatic heterocycles. The van der Waals surface area contributed by atoms with E-state index in [0.29, 0.717) is 0 Å². The van der Waals surface area contributed by atoms with Gasteiger partial charge in [-0.25, -0.2) is 0 Å². The zero-order valence-electron chi connectivity index (χ0n) is 6.70. The van der Waals surface area contributed by atoms with Gasteiger partial charge < -0.3 is 5.73 Å². The Morgan fingerprint density at radius 2 is 1.71 bits per heavy atom. The Bertz CT molecular complexity index is 338. The van der Waals surface area contributed by atoms with E-state index in [0.717, 1.165) is 12.1 Å². The van der Waals surface area contributed by atoms with Crippen LogP contribution in [0.4, 0.5) is 13.2 Å². The highest BCUT2D eigenvalue weighted by Gasteiger charge is 2.32. The summed E-state index contributed by atoms with van der Waals surface area (Å²) in [5.41, 5.74) is 6.69. The van der Waals surface area contributed by atoms with Gasteiger partial charge in [0.05, 0.1) is 10.0 Å². The van der Waals surface area contributed by atoms with Crippen LogP contribution in [0.25, 0.3) is 5.73 Å². The van der Waals surface area contributed by atoms with E-state index in [9.17, 15) is 13.2 Å². The first kappa shape index (κ1) is 11.6. The Morgan fingerprint density at radius 1 is 1.14 bits per heavy atom. The Balaban J connectivity index is 3.03. The maximum absolute atomic E-state index is 12.1. The summed E-state index contributed by atoms with van der Waals surface area (Å²) >= 11 is 11.1. The van der Waals surface area contributed by atoms with Crippen molar-refractivity contribution in [1.29, 1.82) is 0 Å². The summed E-state index contributed by atoms with van der Waals surface area (Å²) in [6.07, 6.45) is -4.59. The van der Waals surface area contributed by atoms with Gasteiger partial charge >= 0.3 is 6.18 Å². The summed E-state index contributed by atoms with van der Waals surface area (Å²) in [4.78, 5) is 0. The Kier molecular flexibility index (Phi) is 3.29. The molecule has 0 saturated carbocycles. The Hall–Kier alpha value is -0.450. The average Bonchev–Trinajstić information content (AvgIpc) is 2.07. The van der Waals surface area contributed by atoms with E-state index in [1.54, 1.807) is 0 Å². The standard InChI is InChI=1S/C8H5Cl2F3N/c9-5-2-1-4(3-6(5)10)7(14)8(11,12)13/h1-3,7,14H/q-1/t7-/m0/s1. The summed E-state index contributed by atoms with van der Waals surface area (Å²) in [6, 6.07) is 1.15. The number of rotatable bonds is 1. The van der Waals surface area contributed by atoms with Gasteiger partial charge in [0.25, 0.3) is 0 Å². The van der Waals surface area contributed by atoms with E-state index in [-0.39, 0.29) is 15.6 Å². The molecule has 0 saturated heterocycles. The van der Waals surface area contributed by atoms with Crippen LogP contribution in [0, 0.1) is 0 Å². The molecule has 0 radical (unpaired) electrons. The molecule has 78 valence electrons. The number of nitrogens with one attached hydrogen (secondary N) is 1. The second kappa shape index (κ2) is 3.96. The van der Waals surface area contributed by atoms with Crippen molar-refractivity contribution in [1.82, 2.24) is 0 Å². The molecule has 14 heavy (non-hydrogen) atoms. The fourth-order valence-corrected chi connectivity index (χ4v) is 1.19. The summed E-state index contributed by atoms with van der Waals surface area (Å²) in [5.74, 6) is 0. The Labute approximate surface area is 88.6 Å². The van der Waals surface area contributed by atoms with Crippen LogP contribution in [0.3, 0.4) is 0 Å². The molecular formula is C8H5Cl2F3N-. The van der Waals surface area contributed by atoms with Crippen molar-refractivity contribution >= 4 is 23.2 Å². The molecule has 0 spiro atoms. The summed E-state index contributed by atoms with van der Waals surface area (Å²) in [7, 11) is 0. The minimum atomic E-state index is -4.59. The molecule has 0 bridgehead atoms. The molecular weight excluding hydrogens is 238 g/mol. The fraction of sp³-hybridized carbons (Fsp3) is 0.250. The number of alkyl halides is 3. The van der Waals surface area contributed by atoms with Crippen molar-refractivity contribution in [2.75, 3.05) is 0 Å². The number of halogens is 5. The molecule has 1 atom stereocenters. The lowest BCUT2D eigenvalue weighted by molar-refractivity contribution is -0.139. The molecule has 0 amide bonds. The maximum Gasteiger partial charge on any atom is 0.377 e. The van der Waals surface area contributed by atoms with Gasteiger partial charge in [-0.2, -0.15) is 13.2 Å². The maximum atomic E-state index is 12.1. The zero-order valence-corrected chi connectivity index (χ0v) is 8.21. The molecule has 0 heterocycles. The number of hydrogen-bond donors (Lipinski definition) is 0. The van der Waals surface area contributed by atoms with Crippen molar-refractivity contribution in [3.63, 3.8) is 0 Å². The van der Waals surface area contributed by atoms with Crippen LogP contribution in [-0.2, 0) is 0 Å². The highest BCUT2D eigenvalue weighted by molar-refractivity contribution is 6.42. The fourth-order valence-electron chi connectivity index (χ4n) is 0.881. The second-order valence-corrected chi connectivity index (χ2v) is 3.46. The second-order valence-electron chi connectivity index (χ2n) is 2.65. The molecule has 0 aromatic heterocycles. The van der Waals surface area contributed by atoms with Crippen LogP contribution < -0.4 is 0 Å². The van der Waals surface area contributed by atoms with E-state index in [2.05, 4.69) is 0 Å². The molecule has 1 nitrogen and oxygen atoms in total. The minimum absolute atomic E-state index is 0.0191. The zero-order chi connectivity index (χ0) is 10.9. The monoisotopic (exact) mass is 242 g/mol. The van der Waals surface area contributed by atoms with Gasteiger partial charge in [0, 0.05) is 0 Å². The predicted octanol–water partition coefficient (Wildman–Crippen LogP) is 4.65. The molecule has 0 aliphatic rings. The van der Waals surface area contributed by atoms with E-state index >= 15 is 0 Å². The van der Waals surface area contributed by atoms with Crippen molar-refractivity contribution in [3.05, 3.63) is 39.5 Å². The molecule has 1 N–H and O–H groups in total. The summed E-state index contributed by atoms with van der Waals surface area (Å²) in [6.45, 7) is 0. The van der Waals surface area contributed by atoms with E-state index in [1.807, 2.05) is 0 Å². The highest BCUT2D eigenvalue weighted by Crippen LogP contribution is 2.37. The van der Waals surface area contributed by atoms with Crippen molar-refractivity contribution in [2.45, 2.75) is 12.2 Å². The van der Waals surface area contributed by atoms with Crippen LogP contribution in [0.1, 0.15) is 11.6 Å².